The first kappa shape index (κ1) is 13.8. The Kier molecular flexibility index (Phi) is 3.47. The molecule has 0 saturated heterocycles. The van der Waals surface area contributed by atoms with E-state index in [0.29, 0.717) is 5.82 Å². The number of hydrogen-bond acceptors (Lipinski definition) is 6. The van der Waals surface area contributed by atoms with Crippen LogP contribution in [0.4, 0.5) is 0 Å². The highest BCUT2D eigenvalue weighted by Gasteiger charge is 2.11. The number of imidazole rings is 1. The van der Waals surface area contributed by atoms with Crippen LogP contribution in [0.5, 0.6) is 0 Å². The molecule has 7 heteroatoms. The van der Waals surface area contributed by atoms with Gasteiger partial charge in [-0.25, -0.2) is 15.0 Å². The minimum Gasteiger partial charge on any atom is -0.293 e. The topological polar surface area (TPSA) is 68.9 Å². The molecule has 0 aliphatic carbocycles. The van der Waals surface area contributed by atoms with Crippen molar-refractivity contribution in [2.24, 2.45) is 0 Å². The molecule has 4 aromatic rings. The molecule has 0 N–H and O–H groups in total. The molecule has 0 amide bonds. The van der Waals surface area contributed by atoms with Gasteiger partial charge in [-0.2, -0.15) is 0 Å². The SMILES string of the molecule is CSc1ccnc(-c2cnc3cnc(-c4ccncc4)cn23)n1. The first-order valence-electron chi connectivity index (χ1n) is 6.96. The van der Waals surface area contributed by atoms with Crippen LogP contribution in [0.2, 0.25) is 0 Å². The lowest BCUT2D eigenvalue weighted by Crippen LogP contribution is -1.96. The van der Waals surface area contributed by atoms with Crippen LogP contribution in [0.3, 0.4) is 0 Å². The lowest BCUT2D eigenvalue weighted by atomic mass is 10.2. The summed E-state index contributed by atoms with van der Waals surface area (Å²) < 4.78 is 1.96. The Morgan fingerprint density at radius 1 is 0.957 bits per heavy atom. The summed E-state index contributed by atoms with van der Waals surface area (Å²) in [6.45, 7) is 0. The van der Waals surface area contributed by atoms with Gasteiger partial charge in [0.15, 0.2) is 11.5 Å². The van der Waals surface area contributed by atoms with Gasteiger partial charge in [0, 0.05) is 30.4 Å². The minimum absolute atomic E-state index is 0.649. The molecule has 0 fully saturated rings. The summed E-state index contributed by atoms with van der Waals surface area (Å²) in [4.78, 5) is 21.8. The molecule has 0 spiro atoms. The van der Waals surface area contributed by atoms with Crippen molar-refractivity contribution in [3.05, 3.63) is 55.4 Å². The number of thioether (sulfide) groups is 1. The first-order chi connectivity index (χ1) is 11.3. The van der Waals surface area contributed by atoms with Crippen LogP contribution < -0.4 is 0 Å². The van der Waals surface area contributed by atoms with Gasteiger partial charge in [0.1, 0.15) is 5.69 Å². The molecule has 0 unspecified atom stereocenters. The molecule has 0 aliphatic heterocycles. The van der Waals surface area contributed by atoms with Gasteiger partial charge in [0.05, 0.1) is 23.1 Å². The van der Waals surface area contributed by atoms with E-state index in [4.69, 9.17) is 0 Å². The quantitative estimate of drug-likeness (QED) is 0.427. The molecule has 112 valence electrons. The van der Waals surface area contributed by atoms with E-state index in [0.717, 1.165) is 27.6 Å². The number of rotatable bonds is 3. The smallest absolute Gasteiger partial charge is 0.179 e. The lowest BCUT2D eigenvalue weighted by Gasteiger charge is -2.04. The summed E-state index contributed by atoms with van der Waals surface area (Å²) in [7, 11) is 0. The van der Waals surface area contributed by atoms with Crippen molar-refractivity contribution in [2.45, 2.75) is 5.03 Å². The summed E-state index contributed by atoms with van der Waals surface area (Å²) in [5.74, 6) is 0.649. The van der Waals surface area contributed by atoms with Gasteiger partial charge >= 0.3 is 0 Å². The van der Waals surface area contributed by atoms with Crippen LogP contribution in [0.25, 0.3) is 28.4 Å². The molecule has 6 nitrogen and oxygen atoms in total. The lowest BCUT2D eigenvalue weighted by molar-refractivity contribution is 1.03. The summed E-state index contributed by atoms with van der Waals surface area (Å²) >= 11 is 1.59. The van der Waals surface area contributed by atoms with E-state index >= 15 is 0 Å². The van der Waals surface area contributed by atoms with Crippen LogP contribution >= 0.6 is 11.8 Å². The molecular formula is C16H12N6S. The fraction of sp³-hybridized carbons (Fsp3) is 0.0625. The van der Waals surface area contributed by atoms with Gasteiger partial charge < -0.3 is 0 Å². The molecule has 23 heavy (non-hydrogen) atoms. The number of aromatic nitrogens is 6. The van der Waals surface area contributed by atoms with Crippen molar-refractivity contribution in [3.8, 4) is 22.8 Å². The van der Waals surface area contributed by atoms with Gasteiger partial charge in [-0.1, -0.05) is 0 Å². The van der Waals surface area contributed by atoms with Crippen LogP contribution in [-0.2, 0) is 0 Å². The largest absolute Gasteiger partial charge is 0.293 e. The first-order valence-corrected chi connectivity index (χ1v) is 8.18. The molecule has 0 aliphatic rings. The molecule has 0 radical (unpaired) electrons. The highest BCUT2D eigenvalue weighted by Crippen LogP contribution is 2.22. The third-order valence-corrected chi connectivity index (χ3v) is 4.09. The normalized spacial score (nSPS) is 11.0. The summed E-state index contributed by atoms with van der Waals surface area (Å²) in [5.41, 5.74) is 3.45. The number of hydrogen-bond donors (Lipinski definition) is 0. The Bertz CT molecular complexity index is 967. The molecular weight excluding hydrogens is 308 g/mol. The van der Waals surface area contributed by atoms with Crippen LogP contribution in [0.15, 0.2) is 60.4 Å². The van der Waals surface area contributed by atoms with E-state index in [9.17, 15) is 0 Å². The average molecular weight is 320 g/mol. The second-order valence-electron chi connectivity index (χ2n) is 4.80. The van der Waals surface area contributed by atoms with Crippen molar-refractivity contribution >= 4 is 17.4 Å². The zero-order valence-corrected chi connectivity index (χ0v) is 13.1. The molecule has 0 bridgehead atoms. The third kappa shape index (κ3) is 2.55. The standard InChI is InChI=1S/C16H12N6S/c1-23-15-4-7-18-16(21-15)13-8-20-14-9-19-12(10-22(13)14)11-2-5-17-6-3-11/h2-10H,1H3. The highest BCUT2D eigenvalue weighted by molar-refractivity contribution is 7.98. The summed E-state index contributed by atoms with van der Waals surface area (Å²) in [5, 5.41) is 0.924. The Labute approximate surface area is 136 Å². The van der Waals surface area contributed by atoms with Crippen LogP contribution in [0.1, 0.15) is 0 Å². The Balaban J connectivity index is 1.88. The zero-order chi connectivity index (χ0) is 15.6. The summed E-state index contributed by atoms with van der Waals surface area (Å²) in [6, 6.07) is 5.74. The van der Waals surface area contributed by atoms with Crippen molar-refractivity contribution < 1.29 is 0 Å². The highest BCUT2D eigenvalue weighted by atomic mass is 32.2. The monoisotopic (exact) mass is 320 g/mol. The molecule has 0 saturated carbocycles. The van der Waals surface area contributed by atoms with E-state index in [1.54, 1.807) is 42.7 Å². The van der Waals surface area contributed by atoms with E-state index in [-0.39, 0.29) is 0 Å². The van der Waals surface area contributed by atoms with Crippen LogP contribution in [-0.4, -0.2) is 35.6 Å². The van der Waals surface area contributed by atoms with Gasteiger partial charge in [0.25, 0.3) is 0 Å². The number of pyridine rings is 1. The minimum atomic E-state index is 0.649. The van der Waals surface area contributed by atoms with Crippen LogP contribution in [0, 0.1) is 0 Å². The molecule has 4 rings (SSSR count). The second-order valence-corrected chi connectivity index (χ2v) is 5.63. The van der Waals surface area contributed by atoms with E-state index in [1.807, 2.05) is 35.1 Å². The van der Waals surface area contributed by atoms with Gasteiger partial charge in [-0.05, 0) is 24.5 Å². The predicted octanol–water partition coefficient (Wildman–Crippen LogP) is 2.97. The predicted molar refractivity (Wildman–Crippen MR) is 89.0 cm³/mol. The maximum absolute atomic E-state index is 4.55. The number of nitrogens with zero attached hydrogens (tertiary/aromatic N) is 6. The Hall–Kier alpha value is -2.80. The maximum atomic E-state index is 4.55. The Morgan fingerprint density at radius 3 is 2.65 bits per heavy atom. The van der Waals surface area contributed by atoms with E-state index < -0.39 is 0 Å². The Morgan fingerprint density at radius 2 is 1.83 bits per heavy atom. The van der Waals surface area contributed by atoms with Crippen molar-refractivity contribution in [1.82, 2.24) is 29.3 Å². The zero-order valence-electron chi connectivity index (χ0n) is 12.3. The maximum Gasteiger partial charge on any atom is 0.179 e. The van der Waals surface area contributed by atoms with Crippen molar-refractivity contribution in [1.29, 1.82) is 0 Å². The van der Waals surface area contributed by atoms with Gasteiger partial charge in [-0.3, -0.25) is 14.4 Å². The molecule has 0 atom stereocenters. The average Bonchev–Trinajstić information content (AvgIpc) is 3.05. The third-order valence-electron chi connectivity index (χ3n) is 3.44. The van der Waals surface area contributed by atoms with Gasteiger partial charge in [0.2, 0.25) is 0 Å². The molecule has 0 aromatic carbocycles. The molecule has 4 aromatic heterocycles. The van der Waals surface area contributed by atoms with E-state index in [1.165, 1.54) is 0 Å². The molecule has 4 heterocycles. The van der Waals surface area contributed by atoms with Gasteiger partial charge in [-0.15, -0.1) is 11.8 Å². The van der Waals surface area contributed by atoms with E-state index in [2.05, 4.69) is 24.9 Å². The fourth-order valence-corrected chi connectivity index (χ4v) is 2.68. The second kappa shape index (κ2) is 5.77. The van der Waals surface area contributed by atoms with Crippen molar-refractivity contribution in [2.75, 3.05) is 6.26 Å². The summed E-state index contributed by atoms with van der Waals surface area (Å²) in [6.07, 6.45) is 12.7. The number of fused-ring (bicyclic) bond motifs is 1. The van der Waals surface area contributed by atoms with Crippen molar-refractivity contribution in [3.63, 3.8) is 0 Å². The fourth-order valence-electron chi connectivity index (χ4n) is 2.31.